The molecule has 1 aromatic carbocycles. The molecule has 0 bridgehead atoms. The van der Waals surface area contributed by atoms with Crippen LogP contribution in [0.25, 0.3) is 0 Å². The fraction of sp³-hybridized carbons (Fsp3) is 0.250. The number of hydrogen-bond donors (Lipinski definition) is 1. The van der Waals surface area contributed by atoms with Gasteiger partial charge in [0.05, 0.1) is 11.2 Å². The molecular formula is C12H13FN2OS. The minimum Gasteiger partial charge on any atom is -0.487 e. The largest absolute Gasteiger partial charge is 0.487 e. The first-order chi connectivity index (χ1) is 8.16. The summed E-state index contributed by atoms with van der Waals surface area (Å²) in [4.78, 5) is 4.08. The second kappa shape index (κ2) is 5.25. The van der Waals surface area contributed by atoms with Crippen LogP contribution in [0.1, 0.15) is 24.2 Å². The molecule has 2 aromatic rings. The first kappa shape index (κ1) is 12.0. The number of aromatic nitrogens is 1. The predicted octanol–water partition coefficient (Wildman–Crippen LogP) is 2.88. The average Bonchev–Trinajstić information content (AvgIpc) is 2.78. The summed E-state index contributed by atoms with van der Waals surface area (Å²) in [5.74, 6) is 0.149. The highest BCUT2D eigenvalue weighted by molar-refractivity contribution is 7.07. The summed E-state index contributed by atoms with van der Waals surface area (Å²) in [7, 11) is 0. The minimum absolute atomic E-state index is 0.317. The van der Waals surface area contributed by atoms with Crippen molar-refractivity contribution in [2.45, 2.75) is 19.6 Å². The second-order valence-corrected chi connectivity index (χ2v) is 4.46. The lowest BCUT2D eigenvalue weighted by atomic mass is 10.1. The molecule has 1 aromatic heterocycles. The van der Waals surface area contributed by atoms with Gasteiger partial charge in [0, 0.05) is 23.1 Å². The van der Waals surface area contributed by atoms with E-state index in [1.807, 2.05) is 5.38 Å². The molecule has 0 saturated carbocycles. The Bertz CT molecular complexity index is 485. The quantitative estimate of drug-likeness (QED) is 0.910. The Hall–Kier alpha value is -1.46. The fourth-order valence-electron chi connectivity index (χ4n) is 1.43. The third-order valence-corrected chi connectivity index (χ3v) is 2.97. The summed E-state index contributed by atoms with van der Waals surface area (Å²) in [6.45, 7) is 2.09. The molecule has 1 unspecified atom stereocenters. The van der Waals surface area contributed by atoms with E-state index >= 15 is 0 Å². The van der Waals surface area contributed by atoms with E-state index in [2.05, 4.69) is 4.98 Å². The number of nitrogens with zero attached hydrogens (tertiary/aromatic N) is 1. The van der Waals surface area contributed by atoms with Crippen LogP contribution in [-0.4, -0.2) is 4.98 Å². The van der Waals surface area contributed by atoms with E-state index in [4.69, 9.17) is 10.5 Å². The van der Waals surface area contributed by atoms with Gasteiger partial charge in [0.25, 0.3) is 0 Å². The zero-order valence-corrected chi connectivity index (χ0v) is 10.2. The van der Waals surface area contributed by atoms with Gasteiger partial charge in [0.2, 0.25) is 0 Å². The van der Waals surface area contributed by atoms with E-state index in [0.29, 0.717) is 17.9 Å². The first-order valence-corrected chi connectivity index (χ1v) is 6.16. The molecule has 2 rings (SSSR count). The Kier molecular flexibility index (Phi) is 3.71. The van der Waals surface area contributed by atoms with Crippen LogP contribution in [0.15, 0.2) is 29.1 Å². The van der Waals surface area contributed by atoms with Crippen molar-refractivity contribution >= 4 is 11.3 Å². The Balaban J connectivity index is 2.05. The van der Waals surface area contributed by atoms with E-state index in [1.165, 1.54) is 17.4 Å². The molecule has 3 nitrogen and oxygen atoms in total. The van der Waals surface area contributed by atoms with Crippen LogP contribution >= 0.6 is 11.3 Å². The van der Waals surface area contributed by atoms with Gasteiger partial charge < -0.3 is 10.5 Å². The molecule has 0 aliphatic heterocycles. The maximum Gasteiger partial charge on any atom is 0.131 e. The predicted molar refractivity (Wildman–Crippen MR) is 65.4 cm³/mol. The van der Waals surface area contributed by atoms with Gasteiger partial charge >= 0.3 is 0 Å². The van der Waals surface area contributed by atoms with Crippen molar-refractivity contribution in [2.75, 3.05) is 0 Å². The number of ether oxygens (including phenoxy) is 1. The van der Waals surface area contributed by atoms with E-state index in [9.17, 15) is 4.39 Å². The summed E-state index contributed by atoms with van der Waals surface area (Å²) >= 11 is 1.50. The van der Waals surface area contributed by atoms with Gasteiger partial charge in [-0.3, -0.25) is 0 Å². The molecule has 0 aliphatic carbocycles. The van der Waals surface area contributed by atoms with Crippen LogP contribution in [0.4, 0.5) is 4.39 Å². The lowest BCUT2D eigenvalue weighted by molar-refractivity contribution is 0.300. The smallest absolute Gasteiger partial charge is 0.131 e. The number of halogens is 1. The Morgan fingerprint density at radius 2 is 2.35 bits per heavy atom. The normalized spacial score (nSPS) is 12.4. The van der Waals surface area contributed by atoms with Crippen molar-refractivity contribution in [3.63, 3.8) is 0 Å². The molecule has 2 N–H and O–H groups in total. The summed E-state index contributed by atoms with van der Waals surface area (Å²) in [6, 6.07) is 4.40. The zero-order valence-electron chi connectivity index (χ0n) is 9.39. The highest BCUT2D eigenvalue weighted by Gasteiger charge is 2.08. The van der Waals surface area contributed by atoms with Gasteiger partial charge in [-0.2, -0.15) is 0 Å². The van der Waals surface area contributed by atoms with Gasteiger partial charge in [-0.05, 0) is 13.0 Å². The van der Waals surface area contributed by atoms with Crippen LogP contribution in [-0.2, 0) is 6.61 Å². The van der Waals surface area contributed by atoms with Crippen LogP contribution in [0.3, 0.4) is 0 Å². The van der Waals surface area contributed by atoms with Crippen LogP contribution in [0, 0.1) is 5.82 Å². The third kappa shape index (κ3) is 3.01. The Labute approximate surface area is 103 Å². The molecule has 0 fully saturated rings. The molecule has 5 heteroatoms. The fourth-order valence-corrected chi connectivity index (χ4v) is 1.98. The van der Waals surface area contributed by atoms with Gasteiger partial charge in [-0.1, -0.05) is 6.07 Å². The SMILES string of the molecule is CC(N)c1ccc(OCc2cscn2)cc1F. The Morgan fingerprint density at radius 3 is 2.94 bits per heavy atom. The van der Waals surface area contributed by atoms with E-state index in [0.717, 1.165) is 5.69 Å². The van der Waals surface area contributed by atoms with Crippen LogP contribution in [0.2, 0.25) is 0 Å². The molecule has 0 saturated heterocycles. The van der Waals surface area contributed by atoms with Gasteiger partial charge in [0.15, 0.2) is 0 Å². The van der Waals surface area contributed by atoms with Gasteiger partial charge in [-0.25, -0.2) is 9.37 Å². The lowest BCUT2D eigenvalue weighted by Gasteiger charge is -2.09. The molecule has 90 valence electrons. The number of rotatable bonds is 4. The topological polar surface area (TPSA) is 48.1 Å². The second-order valence-electron chi connectivity index (χ2n) is 3.74. The number of nitrogens with two attached hydrogens (primary N) is 1. The molecule has 1 atom stereocenters. The van der Waals surface area contributed by atoms with Crippen molar-refractivity contribution < 1.29 is 9.13 Å². The van der Waals surface area contributed by atoms with Crippen molar-refractivity contribution in [3.8, 4) is 5.75 Å². The van der Waals surface area contributed by atoms with E-state index < -0.39 is 0 Å². The third-order valence-electron chi connectivity index (χ3n) is 2.33. The maximum atomic E-state index is 13.6. The average molecular weight is 252 g/mol. The summed E-state index contributed by atoms with van der Waals surface area (Å²) in [5, 5.41) is 1.90. The Morgan fingerprint density at radius 1 is 1.53 bits per heavy atom. The van der Waals surface area contributed by atoms with Crippen molar-refractivity contribution in [1.82, 2.24) is 4.98 Å². The number of benzene rings is 1. The molecule has 0 radical (unpaired) electrons. The number of hydrogen-bond acceptors (Lipinski definition) is 4. The van der Waals surface area contributed by atoms with Crippen molar-refractivity contribution in [1.29, 1.82) is 0 Å². The monoisotopic (exact) mass is 252 g/mol. The minimum atomic E-state index is -0.337. The summed E-state index contributed by atoms with van der Waals surface area (Å²) in [5.41, 5.74) is 8.69. The first-order valence-electron chi connectivity index (χ1n) is 5.21. The molecule has 0 spiro atoms. The molecule has 0 aliphatic rings. The molecular weight excluding hydrogens is 239 g/mol. The molecule has 17 heavy (non-hydrogen) atoms. The highest BCUT2D eigenvalue weighted by atomic mass is 32.1. The van der Waals surface area contributed by atoms with Crippen LogP contribution in [0.5, 0.6) is 5.75 Å². The van der Waals surface area contributed by atoms with E-state index in [-0.39, 0.29) is 11.9 Å². The van der Waals surface area contributed by atoms with Gasteiger partial charge in [-0.15, -0.1) is 11.3 Å². The zero-order chi connectivity index (χ0) is 12.3. The number of thiazole rings is 1. The summed E-state index contributed by atoms with van der Waals surface area (Å²) in [6.07, 6.45) is 0. The lowest BCUT2D eigenvalue weighted by Crippen LogP contribution is -2.07. The standard InChI is InChI=1S/C12H13FN2OS/c1-8(14)11-3-2-10(4-12(11)13)16-5-9-6-17-7-15-9/h2-4,6-8H,5,14H2,1H3. The van der Waals surface area contributed by atoms with E-state index in [1.54, 1.807) is 24.6 Å². The van der Waals surface area contributed by atoms with Crippen molar-refractivity contribution in [3.05, 3.63) is 46.2 Å². The van der Waals surface area contributed by atoms with Gasteiger partial charge in [0.1, 0.15) is 18.2 Å². The molecule has 0 amide bonds. The molecule has 1 heterocycles. The maximum absolute atomic E-state index is 13.6. The van der Waals surface area contributed by atoms with Crippen molar-refractivity contribution in [2.24, 2.45) is 5.73 Å². The van der Waals surface area contributed by atoms with Crippen LogP contribution < -0.4 is 10.5 Å². The highest BCUT2D eigenvalue weighted by Crippen LogP contribution is 2.21. The summed E-state index contributed by atoms with van der Waals surface area (Å²) < 4.78 is 19.0.